The van der Waals surface area contributed by atoms with E-state index in [1.54, 1.807) is 30.6 Å². The molecule has 2 nitrogen and oxygen atoms in total. The molecular formula is C19H26O2S2. The second-order valence-corrected chi connectivity index (χ2v) is 7.96. The van der Waals surface area contributed by atoms with Gasteiger partial charge in [0, 0.05) is 10.2 Å². The number of hydrogen-bond acceptors (Lipinski definition) is 4. The summed E-state index contributed by atoms with van der Waals surface area (Å²) >= 11 is 3.37. The number of aliphatic hydroxyl groups is 1. The van der Waals surface area contributed by atoms with Crippen LogP contribution in [0.4, 0.5) is 0 Å². The zero-order valence-corrected chi connectivity index (χ0v) is 15.9. The van der Waals surface area contributed by atoms with Gasteiger partial charge in [0.1, 0.15) is 5.75 Å². The lowest BCUT2D eigenvalue weighted by Gasteiger charge is -2.31. The number of thioether (sulfide) groups is 2. The highest BCUT2D eigenvalue weighted by Gasteiger charge is 2.53. The fourth-order valence-electron chi connectivity index (χ4n) is 3.08. The first-order valence-corrected chi connectivity index (χ1v) is 10.2. The second-order valence-electron chi connectivity index (χ2n) is 6.01. The Balaban J connectivity index is 2.24. The summed E-state index contributed by atoms with van der Waals surface area (Å²) in [6, 6.07) is 8.20. The molecular weight excluding hydrogens is 324 g/mol. The van der Waals surface area contributed by atoms with Crippen molar-refractivity contribution in [1.82, 2.24) is 0 Å². The van der Waals surface area contributed by atoms with E-state index in [0.29, 0.717) is 5.92 Å². The fourth-order valence-corrected chi connectivity index (χ4v) is 4.36. The van der Waals surface area contributed by atoms with Gasteiger partial charge in [0.2, 0.25) is 0 Å². The normalized spacial score (nSPS) is 23.5. The summed E-state index contributed by atoms with van der Waals surface area (Å²) in [5.41, 5.74) is 0.432. The van der Waals surface area contributed by atoms with Crippen LogP contribution in [-0.4, -0.2) is 30.3 Å². The van der Waals surface area contributed by atoms with Crippen molar-refractivity contribution in [1.29, 1.82) is 0 Å². The first-order valence-electron chi connectivity index (χ1n) is 7.79. The van der Waals surface area contributed by atoms with Gasteiger partial charge in [-0.1, -0.05) is 25.1 Å². The summed E-state index contributed by atoms with van der Waals surface area (Å²) in [6.07, 6.45) is 9.01. The van der Waals surface area contributed by atoms with E-state index in [1.165, 1.54) is 5.56 Å². The van der Waals surface area contributed by atoms with Crippen molar-refractivity contribution in [2.45, 2.75) is 24.9 Å². The molecule has 1 N–H and O–H groups in total. The molecule has 0 aliphatic heterocycles. The van der Waals surface area contributed by atoms with Gasteiger partial charge in [-0.2, -0.15) is 0 Å². The topological polar surface area (TPSA) is 29.5 Å². The molecule has 4 unspecified atom stereocenters. The monoisotopic (exact) mass is 350 g/mol. The molecule has 1 aromatic rings. The highest BCUT2D eigenvalue weighted by atomic mass is 32.2. The van der Waals surface area contributed by atoms with Gasteiger partial charge in [-0.3, -0.25) is 0 Å². The number of hydrogen-bond donors (Lipinski definition) is 1. The number of rotatable bonds is 8. The van der Waals surface area contributed by atoms with Crippen LogP contribution in [0, 0.1) is 11.8 Å². The third-order valence-electron chi connectivity index (χ3n) is 4.76. The summed E-state index contributed by atoms with van der Waals surface area (Å²) in [6.45, 7) is 5.94. The van der Waals surface area contributed by atoms with Gasteiger partial charge in [-0.05, 0) is 54.5 Å². The molecule has 2 rings (SSSR count). The molecule has 0 bridgehead atoms. The standard InChI is InChI=1S/C19H26O2S2/c1-6-13(2)19(20,12-18(22-4)23-5)17-11-16(17)14-7-9-15(21-3)10-8-14/h6-10,12-13,16-17,20H,1,11H2,2-5H3. The molecule has 0 amide bonds. The van der Waals surface area contributed by atoms with E-state index >= 15 is 0 Å². The Bertz CT molecular complexity index is 561. The molecule has 0 saturated heterocycles. The first-order chi connectivity index (χ1) is 11.0. The van der Waals surface area contributed by atoms with Crippen molar-refractivity contribution < 1.29 is 9.84 Å². The Morgan fingerprint density at radius 3 is 2.43 bits per heavy atom. The minimum absolute atomic E-state index is 0.0186. The summed E-state index contributed by atoms with van der Waals surface area (Å²) in [5.74, 6) is 1.52. The number of ether oxygens (including phenoxy) is 1. The average Bonchev–Trinajstić information content (AvgIpc) is 3.40. The quantitative estimate of drug-likeness (QED) is 0.674. The van der Waals surface area contributed by atoms with Crippen molar-refractivity contribution in [3.8, 4) is 5.75 Å². The molecule has 1 aromatic carbocycles. The van der Waals surface area contributed by atoms with Crippen LogP contribution in [0.5, 0.6) is 5.75 Å². The van der Waals surface area contributed by atoms with Gasteiger partial charge >= 0.3 is 0 Å². The van der Waals surface area contributed by atoms with Gasteiger partial charge in [-0.25, -0.2) is 0 Å². The van der Waals surface area contributed by atoms with Crippen LogP contribution in [0.1, 0.15) is 24.8 Å². The zero-order valence-electron chi connectivity index (χ0n) is 14.3. The SMILES string of the molecule is C=CC(C)C(O)(C=C(SC)SC)C1CC1c1ccc(OC)cc1. The van der Waals surface area contributed by atoms with E-state index in [-0.39, 0.29) is 11.8 Å². The fraction of sp³-hybridized carbons (Fsp3) is 0.474. The van der Waals surface area contributed by atoms with Gasteiger partial charge in [0.15, 0.2) is 0 Å². The van der Waals surface area contributed by atoms with E-state index in [0.717, 1.165) is 16.4 Å². The van der Waals surface area contributed by atoms with Crippen LogP contribution >= 0.6 is 23.5 Å². The van der Waals surface area contributed by atoms with Crippen molar-refractivity contribution >= 4 is 23.5 Å². The maximum absolute atomic E-state index is 11.4. The summed E-state index contributed by atoms with van der Waals surface area (Å²) in [4.78, 5) is 0. The van der Waals surface area contributed by atoms with Crippen molar-refractivity contribution in [3.63, 3.8) is 0 Å². The summed E-state index contributed by atoms with van der Waals surface area (Å²) in [7, 11) is 1.68. The van der Waals surface area contributed by atoms with E-state index in [9.17, 15) is 5.11 Å². The zero-order chi connectivity index (χ0) is 17.0. The van der Waals surface area contributed by atoms with E-state index < -0.39 is 5.60 Å². The lowest BCUT2D eigenvalue weighted by atomic mass is 9.82. The van der Waals surface area contributed by atoms with E-state index in [4.69, 9.17) is 4.74 Å². The predicted octanol–water partition coefficient (Wildman–Crippen LogP) is 4.92. The molecule has 0 aromatic heterocycles. The maximum atomic E-state index is 11.4. The minimum atomic E-state index is -0.840. The van der Waals surface area contributed by atoms with Gasteiger partial charge in [0.05, 0.1) is 12.7 Å². The number of benzene rings is 1. The van der Waals surface area contributed by atoms with Crippen LogP contribution in [0.15, 0.2) is 47.2 Å². The molecule has 4 atom stereocenters. The van der Waals surface area contributed by atoms with Gasteiger partial charge < -0.3 is 9.84 Å². The Labute approximate surface area is 148 Å². The summed E-state index contributed by atoms with van der Waals surface area (Å²) < 4.78 is 6.38. The van der Waals surface area contributed by atoms with Crippen molar-refractivity contribution in [2.75, 3.05) is 19.6 Å². The molecule has 0 heterocycles. The van der Waals surface area contributed by atoms with E-state index in [1.807, 2.05) is 31.2 Å². The number of methoxy groups -OCH3 is 1. The molecule has 4 heteroatoms. The minimum Gasteiger partial charge on any atom is -0.497 e. The molecule has 0 radical (unpaired) electrons. The smallest absolute Gasteiger partial charge is 0.118 e. The second kappa shape index (κ2) is 7.82. The Kier molecular flexibility index (Phi) is 6.29. The first kappa shape index (κ1) is 18.5. The lowest BCUT2D eigenvalue weighted by molar-refractivity contribution is 0.0304. The molecule has 126 valence electrons. The molecule has 1 aliphatic carbocycles. The Morgan fingerprint density at radius 1 is 1.35 bits per heavy atom. The van der Waals surface area contributed by atoms with Crippen LogP contribution in [0.3, 0.4) is 0 Å². The highest BCUT2D eigenvalue weighted by Crippen LogP contribution is 2.57. The third kappa shape index (κ3) is 3.98. The summed E-state index contributed by atoms with van der Waals surface area (Å²) in [5, 5.41) is 11.4. The Morgan fingerprint density at radius 2 is 1.96 bits per heavy atom. The molecule has 1 saturated carbocycles. The van der Waals surface area contributed by atoms with Crippen LogP contribution < -0.4 is 4.74 Å². The van der Waals surface area contributed by atoms with E-state index in [2.05, 4.69) is 31.2 Å². The van der Waals surface area contributed by atoms with Crippen LogP contribution in [0.25, 0.3) is 0 Å². The molecule has 1 fully saturated rings. The molecule has 1 aliphatic rings. The predicted molar refractivity (Wildman–Crippen MR) is 103 cm³/mol. The Hall–Kier alpha value is -0.840. The lowest BCUT2D eigenvalue weighted by Crippen LogP contribution is -2.36. The average molecular weight is 351 g/mol. The largest absolute Gasteiger partial charge is 0.497 e. The van der Waals surface area contributed by atoms with Crippen LogP contribution in [-0.2, 0) is 0 Å². The third-order valence-corrected chi connectivity index (χ3v) is 6.80. The van der Waals surface area contributed by atoms with Gasteiger partial charge in [0.25, 0.3) is 0 Å². The maximum Gasteiger partial charge on any atom is 0.118 e. The van der Waals surface area contributed by atoms with Crippen LogP contribution in [0.2, 0.25) is 0 Å². The molecule has 23 heavy (non-hydrogen) atoms. The van der Waals surface area contributed by atoms with Gasteiger partial charge in [-0.15, -0.1) is 30.1 Å². The molecule has 0 spiro atoms. The van der Waals surface area contributed by atoms with Crippen molar-refractivity contribution in [2.24, 2.45) is 11.8 Å². The van der Waals surface area contributed by atoms with Crippen molar-refractivity contribution in [3.05, 3.63) is 52.8 Å². The highest BCUT2D eigenvalue weighted by molar-refractivity contribution is 8.21.